The molecule has 0 unspecified atom stereocenters. The van der Waals surface area contributed by atoms with E-state index >= 15 is 0 Å². The molecule has 6 nitrogen and oxygen atoms in total. The maximum atomic E-state index is 8.60. The molecular weight excluding hydrogens is 190 g/mol. The summed E-state index contributed by atoms with van der Waals surface area (Å²) in [4.78, 5) is 0. The van der Waals surface area contributed by atoms with Gasteiger partial charge < -0.3 is 11.0 Å². The van der Waals surface area contributed by atoms with Crippen molar-refractivity contribution >= 4 is 0 Å². The van der Waals surface area contributed by atoms with E-state index < -0.39 is 10.2 Å². The minimum atomic E-state index is -4.69. The Hall–Kier alpha value is 0.556. The fraction of sp³-hybridized carbons (Fsp3) is 0. The quantitative estimate of drug-likeness (QED) is 0.409. The van der Waals surface area contributed by atoms with E-state index in [1.54, 1.807) is 0 Å². The normalized spacial score (nSPS) is 7.50. The summed E-state index contributed by atoms with van der Waals surface area (Å²) in [6.07, 6.45) is 0. The molecule has 0 aromatic heterocycles. The maximum Gasteiger partial charge on any atom is 0.0777 e. The van der Waals surface area contributed by atoms with Crippen molar-refractivity contribution < 1.29 is 56.6 Å². The molecule has 1 radical (unpaired) electrons. The summed E-state index contributed by atoms with van der Waals surface area (Å²) in [7, 11) is -4.69. The molecule has 0 aliphatic rings. The molecule has 0 fully saturated rings. The predicted octanol–water partition coefficient (Wildman–Crippen LogP) is -5.78. The summed E-state index contributed by atoms with van der Waals surface area (Å²) in [5, 5.41) is 0. The van der Waals surface area contributed by atoms with Gasteiger partial charge in [-0.15, -0.1) is 0 Å². The third-order valence-corrected chi connectivity index (χ3v) is 0. The molecule has 8 heavy (non-hydrogen) atoms. The van der Waals surface area contributed by atoms with Crippen LogP contribution in [0.4, 0.5) is 0 Å². The Morgan fingerprint density at radius 2 is 1.00 bits per heavy atom. The van der Waals surface area contributed by atoms with E-state index in [1.165, 1.54) is 0 Å². The first-order chi connectivity index (χ1) is 2.00. The van der Waals surface area contributed by atoms with Gasteiger partial charge in [0.25, 0.3) is 0 Å². The van der Waals surface area contributed by atoms with Gasteiger partial charge in [0.2, 0.25) is 0 Å². The summed E-state index contributed by atoms with van der Waals surface area (Å²) < 4.78 is 32.7. The van der Waals surface area contributed by atoms with E-state index in [9.17, 15) is 0 Å². The Morgan fingerprint density at radius 1 is 1.00 bits per heavy atom. The van der Waals surface area contributed by atoms with E-state index in [2.05, 4.69) is 0 Å². The Morgan fingerprint density at radius 3 is 1.00 bits per heavy atom. The third kappa shape index (κ3) is 654. The molecular formula is H5ClCoO6. The van der Waals surface area contributed by atoms with Crippen LogP contribution in [0.2, 0.25) is 0 Å². The third-order valence-electron chi connectivity index (χ3n) is 0. The Balaban J connectivity index is -0.0000000267. The van der Waals surface area contributed by atoms with Crippen LogP contribution in [0.3, 0.4) is 0 Å². The van der Waals surface area contributed by atoms with E-state index in [0.717, 1.165) is 0 Å². The Kier molecular flexibility index (Phi) is 22.2. The van der Waals surface area contributed by atoms with Crippen molar-refractivity contribution in [3.8, 4) is 0 Å². The van der Waals surface area contributed by atoms with Gasteiger partial charge in [0, 0.05) is 16.8 Å². The van der Waals surface area contributed by atoms with Gasteiger partial charge in [-0.1, -0.05) is 0 Å². The number of hydrogen-bond acceptors (Lipinski definition) is 4. The van der Waals surface area contributed by atoms with E-state index in [0.29, 0.717) is 0 Å². The van der Waals surface area contributed by atoms with E-state index in [1.807, 2.05) is 0 Å². The predicted molar refractivity (Wildman–Crippen MR) is 9.45 cm³/mol. The van der Waals surface area contributed by atoms with Crippen molar-refractivity contribution in [3.63, 3.8) is 0 Å². The molecule has 0 heterocycles. The van der Waals surface area contributed by atoms with Crippen LogP contribution < -0.4 is 14.0 Å². The average Bonchev–Trinajstić information content (AvgIpc) is 0.722. The fourth-order valence-electron chi connectivity index (χ4n) is 0. The van der Waals surface area contributed by atoms with Gasteiger partial charge in [-0.25, -0.2) is 0 Å². The van der Waals surface area contributed by atoms with Crippen LogP contribution in [0.25, 0.3) is 0 Å². The number of rotatable bonds is 0. The molecule has 0 aromatic rings. The number of hydrogen-bond donors (Lipinski definition) is 1. The zero-order chi connectivity index (χ0) is 4.50. The second-order valence-corrected chi connectivity index (χ2v) is 1.19. The van der Waals surface area contributed by atoms with E-state index in [4.69, 9.17) is 18.6 Å². The molecule has 57 valence electrons. The second kappa shape index (κ2) is 7.56. The number of halogens is 1. The first-order valence-corrected chi connectivity index (χ1v) is 1.90. The van der Waals surface area contributed by atoms with Crippen LogP contribution in [0.5, 0.6) is 0 Å². The topological polar surface area (TPSA) is 152 Å². The molecule has 8 heteroatoms. The molecule has 0 saturated carbocycles. The summed E-state index contributed by atoms with van der Waals surface area (Å²) in [6.45, 7) is 0. The molecule has 0 amide bonds. The van der Waals surface area contributed by atoms with Crippen molar-refractivity contribution in [2.75, 3.05) is 0 Å². The minimum absolute atomic E-state index is 0. The molecule has 0 bridgehead atoms. The van der Waals surface area contributed by atoms with Gasteiger partial charge in [-0.2, -0.15) is 14.0 Å². The first-order valence-electron chi connectivity index (χ1n) is 0.632. The molecule has 5 N–H and O–H groups in total. The van der Waals surface area contributed by atoms with Crippen LogP contribution >= 0.6 is 0 Å². The molecule has 0 aliphatic heterocycles. The molecule has 0 saturated heterocycles. The van der Waals surface area contributed by atoms with Crippen LogP contribution in [0, 0.1) is 10.2 Å². The van der Waals surface area contributed by atoms with E-state index in [-0.39, 0.29) is 27.7 Å². The van der Waals surface area contributed by atoms with Crippen LogP contribution in [0.1, 0.15) is 0 Å². The van der Waals surface area contributed by atoms with Crippen molar-refractivity contribution in [3.05, 3.63) is 0 Å². The monoisotopic (exact) mass is 195 g/mol. The zero-order valence-electron chi connectivity index (χ0n) is 3.38. The van der Waals surface area contributed by atoms with Crippen molar-refractivity contribution in [2.45, 2.75) is 0 Å². The van der Waals surface area contributed by atoms with Crippen molar-refractivity contribution in [2.24, 2.45) is 0 Å². The SMILES string of the molecule is O.O.[Co].[O-][Cl+3]([O-])([O-])O. The minimum Gasteiger partial charge on any atom is -0.412 e. The average molecular weight is 195 g/mol. The molecule has 0 rings (SSSR count). The Bertz CT molecular complexity index is 24.0. The van der Waals surface area contributed by atoms with Gasteiger partial charge in [0.1, 0.15) is 0 Å². The molecule has 0 aromatic carbocycles. The summed E-state index contributed by atoms with van der Waals surface area (Å²) in [5.41, 5.74) is 0. The summed E-state index contributed by atoms with van der Waals surface area (Å²) in [5.74, 6) is 0. The summed E-state index contributed by atoms with van der Waals surface area (Å²) in [6, 6.07) is 0. The van der Waals surface area contributed by atoms with Crippen LogP contribution in [0.15, 0.2) is 0 Å². The molecule has 0 aliphatic carbocycles. The van der Waals surface area contributed by atoms with Gasteiger partial charge in [0.15, 0.2) is 0 Å². The standard InChI is InChI=1S/ClHO4.Co.2H2O/c2-1(3,4)5;;;/h(H,2,3,4,5);;2*1H2. The van der Waals surface area contributed by atoms with Gasteiger partial charge in [-0.3, -0.25) is 0 Å². The molecule has 0 spiro atoms. The largest absolute Gasteiger partial charge is 0.412 e. The summed E-state index contributed by atoms with van der Waals surface area (Å²) >= 11 is 0. The van der Waals surface area contributed by atoms with Crippen molar-refractivity contribution in [1.82, 2.24) is 0 Å². The van der Waals surface area contributed by atoms with Crippen LogP contribution in [-0.2, 0) is 16.8 Å². The smallest absolute Gasteiger partial charge is 0.0777 e. The first kappa shape index (κ1) is 23.5. The van der Waals surface area contributed by atoms with Gasteiger partial charge in [-0.05, 0) is 0 Å². The maximum absolute atomic E-state index is 8.60. The Labute approximate surface area is 57.3 Å². The van der Waals surface area contributed by atoms with Gasteiger partial charge >= 0.3 is 0 Å². The molecule has 0 atom stereocenters. The zero-order valence-corrected chi connectivity index (χ0v) is 5.18. The van der Waals surface area contributed by atoms with Crippen molar-refractivity contribution in [1.29, 1.82) is 0 Å². The van der Waals surface area contributed by atoms with Gasteiger partial charge in [0.05, 0.1) is 14.9 Å². The fourth-order valence-corrected chi connectivity index (χ4v) is 0. The second-order valence-electron chi connectivity index (χ2n) is 0.396. The van der Waals surface area contributed by atoms with Crippen LogP contribution in [-0.4, -0.2) is 15.6 Å².